The van der Waals surface area contributed by atoms with Crippen LogP contribution >= 0.6 is 0 Å². The Labute approximate surface area is 128 Å². The van der Waals surface area contributed by atoms with Crippen LogP contribution in [0, 0.1) is 0 Å². The van der Waals surface area contributed by atoms with Crippen molar-refractivity contribution in [1.29, 1.82) is 0 Å². The second-order valence-corrected chi connectivity index (χ2v) is 6.47. The molecule has 0 saturated carbocycles. The molecule has 2 aromatic carbocycles. The van der Waals surface area contributed by atoms with E-state index in [2.05, 4.69) is 4.72 Å². The number of aliphatic carboxylic acids is 1. The molecular formula is C15H16N2O4S. The first-order valence-corrected chi connectivity index (χ1v) is 8.01. The van der Waals surface area contributed by atoms with Crippen molar-refractivity contribution in [1.82, 2.24) is 4.72 Å². The van der Waals surface area contributed by atoms with Gasteiger partial charge in [-0.25, -0.2) is 13.1 Å². The molecule has 0 spiro atoms. The molecule has 0 aliphatic heterocycles. The van der Waals surface area contributed by atoms with Gasteiger partial charge in [-0.05, 0) is 29.8 Å². The van der Waals surface area contributed by atoms with Crippen LogP contribution in [0.2, 0.25) is 0 Å². The summed E-state index contributed by atoms with van der Waals surface area (Å²) in [5.41, 5.74) is 6.62. The maximum absolute atomic E-state index is 12.3. The molecule has 0 fully saturated rings. The molecule has 0 amide bonds. The lowest BCUT2D eigenvalue weighted by molar-refractivity contribution is -0.137. The highest BCUT2D eigenvalue weighted by molar-refractivity contribution is 7.89. The van der Waals surface area contributed by atoms with E-state index in [1.807, 2.05) is 0 Å². The zero-order valence-corrected chi connectivity index (χ0v) is 12.5. The predicted octanol–water partition coefficient (Wildman–Crippen LogP) is 1.76. The van der Waals surface area contributed by atoms with Crippen molar-refractivity contribution in [3.63, 3.8) is 0 Å². The van der Waals surface area contributed by atoms with Crippen LogP contribution in [0.1, 0.15) is 18.0 Å². The van der Waals surface area contributed by atoms with Gasteiger partial charge in [0.25, 0.3) is 0 Å². The van der Waals surface area contributed by atoms with Crippen LogP contribution in [0.15, 0.2) is 59.5 Å². The molecule has 22 heavy (non-hydrogen) atoms. The van der Waals surface area contributed by atoms with E-state index in [1.165, 1.54) is 12.1 Å². The number of sulfonamides is 1. The Kier molecular flexibility index (Phi) is 4.79. The topological polar surface area (TPSA) is 109 Å². The minimum absolute atomic E-state index is 0.0780. The second-order valence-electron chi connectivity index (χ2n) is 4.75. The highest BCUT2D eigenvalue weighted by Gasteiger charge is 2.23. The van der Waals surface area contributed by atoms with E-state index in [0.29, 0.717) is 11.3 Å². The minimum Gasteiger partial charge on any atom is -0.481 e. The van der Waals surface area contributed by atoms with Crippen LogP contribution < -0.4 is 10.5 Å². The lowest BCUT2D eigenvalue weighted by atomic mass is 10.0. The molecule has 6 nitrogen and oxygen atoms in total. The highest BCUT2D eigenvalue weighted by atomic mass is 32.2. The van der Waals surface area contributed by atoms with E-state index in [9.17, 15) is 13.2 Å². The molecule has 4 N–H and O–H groups in total. The normalized spacial score (nSPS) is 12.7. The Morgan fingerprint density at radius 3 is 2.41 bits per heavy atom. The Morgan fingerprint density at radius 1 is 1.14 bits per heavy atom. The number of rotatable bonds is 6. The molecule has 0 aromatic heterocycles. The number of anilines is 1. The average Bonchev–Trinajstić information content (AvgIpc) is 2.47. The summed E-state index contributed by atoms with van der Waals surface area (Å²) in [6.07, 6.45) is -0.379. The van der Waals surface area contributed by atoms with Gasteiger partial charge in [0.15, 0.2) is 0 Å². The van der Waals surface area contributed by atoms with Crippen molar-refractivity contribution in [3.05, 3.63) is 60.2 Å². The number of nitrogens with one attached hydrogen (secondary N) is 1. The van der Waals surface area contributed by atoms with E-state index in [1.54, 1.807) is 42.5 Å². The fourth-order valence-corrected chi connectivity index (χ4v) is 3.28. The first-order valence-electron chi connectivity index (χ1n) is 6.53. The number of nitrogens with two attached hydrogens (primary N) is 1. The predicted molar refractivity (Wildman–Crippen MR) is 82.6 cm³/mol. The molecule has 2 rings (SSSR count). The third-order valence-electron chi connectivity index (χ3n) is 3.04. The van der Waals surface area contributed by atoms with Gasteiger partial charge in [0, 0.05) is 5.69 Å². The lowest BCUT2D eigenvalue weighted by Gasteiger charge is -2.18. The van der Waals surface area contributed by atoms with Crippen molar-refractivity contribution in [2.45, 2.75) is 17.4 Å². The summed E-state index contributed by atoms with van der Waals surface area (Å²) in [5.74, 6) is -1.11. The summed E-state index contributed by atoms with van der Waals surface area (Å²) in [4.78, 5) is 11.1. The van der Waals surface area contributed by atoms with Gasteiger partial charge in [-0.3, -0.25) is 4.79 Å². The van der Waals surface area contributed by atoms with Crippen molar-refractivity contribution in [2.24, 2.45) is 0 Å². The third kappa shape index (κ3) is 4.06. The number of benzene rings is 2. The smallest absolute Gasteiger partial charge is 0.305 e. The third-order valence-corrected chi connectivity index (χ3v) is 4.53. The molecule has 0 aliphatic rings. The standard InChI is InChI=1S/C15H16N2O4S/c16-12-6-4-5-11(9-12)14(10-15(18)19)17-22(20,21)13-7-2-1-3-8-13/h1-9,14,17H,10,16H2,(H,18,19). The van der Waals surface area contributed by atoms with E-state index in [4.69, 9.17) is 10.8 Å². The minimum atomic E-state index is -3.82. The Bertz CT molecular complexity index is 760. The van der Waals surface area contributed by atoms with Gasteiger partial charge in [0.1, 0.15) is 0 Å². The van der Waals surface area contributed by atoms with Crippen molar-refractivity contribution >= 4 is 21.7 Å². The van der Waals surface area contributed by atoms with Crippen LogP contribution in [0.25, 0.3) is 0 Å². The molecule has 1 unspecified atom stereocenters. The molecule has 0 radical (unpaired) electrons. The van der Waals surface area contributed by atoms with E-state index in [-0.39, 0.29) is 11.3 Å². The second kappa shape index (κ2) is 6.59. The number of hydrogen-bond acceptors (Lipinski definition) is 4. The summed E-state index contributed by atoms with van der Waals surface area (Å²) in [7, 11) is -3.82. The van der Waals surface area contributed by atoms with Crippen LogP contribution in [-0.2, 0) is 14.8 Å². The average molecular weight is 320 g/mol. The molecular weight excluding hydrogens is 304 g/mol. The van der Waals surface area contributed by atoms with Gasteiger partial charge < -0.3 is 10.8 Å². The van der Waals surface area contributed by atoms with Gasteiger partial charge in [-0.15, -0.1) is 0 Å². The number of hydrogen-bond donors (Lipinski definition) is 3. The zero-order valence-electron chi connectivity index (χ0n) is 11.6. The maximum Gasteiger partial charge on any atom is 0.305 e. The van der Waals surface area contributed by atoms with Gasteiger partial charge in [-0.1, -0.05) is 30.3 Å². The summed E-state index contributed by atoms with van der Waals surface area (Å²) < 4.78 is 27.1. The van der Waals surface area contributed by atoms with Crippen molar-refractivity contribution < 1.29 is 18.3 Å². The van der Waals surface area contributed by atoms with Crippen LogP contribution in [0.5, 0.6) is 0 Å². The van der Waals surface area contributed by atoms with Crippen molar-refractivity contribution in [2.75, 3.05) is 5.73 Å². The summed E-state index contributed by atoms with van der Waals surface area (Å²) in [5, 5.41) is 9.02. The van der Waals surface area contributed by atoms with Gasteiger partial charge in [-0.2, -0.15) is 0 Å². The van der Waals surface area contributed by atoms with E-state index >= 15 is 0 Å². The van der Waals surface area contributed by atoms with Crippen molar-refractivity contribution in [3.8, 4) is 0 Å². The van der Waals surface area contributed by atoms with Crippen LogP contribution in [0.3, 0.4) is 0 Å². The number of nitrogen functional groups attached to an aromatic ring is 1. The fourth-order valence-electron chi connectivity index (χ4n) is 2.03. The van der Waals surface area contributed by atoms with Crippen LogP contribution in [-0.4, -0.2) is 19.5 Å². The zero-order chi connectivity index (χ0) is 16.2. The molecule has 0 bridgehead atoms. The molecule has 116 valence electrons. The molecule has 2 aromatic rings. The molecule has 0 saturated heterocycles. The Hall–Kier alpha value is -2.38. The number of carbonyl (C=O) groups is 1. The maximum atomic E-state index is 12.3. The first-order chi connectivity index (χ1) is 10.4. The number of carboxylic acid groups (broad SMARTS) is 1. The van der Waals surface area contributed by atoms with Crippen LogP contribution in [0.4, 0.5) is 5.69 Å². The summed E-state index contributed by atoms with van der Waals surface area (Å²) in [6.45, 7) is 0. The molecule has 0 heterocycles. The first kappa shape index (κ1) is 16.0. The fraction of sp³-hybridized carbons (Fsp3) is 0.133. The Balaban J connectivity index is 2.33. The molecule has 0 aliphatic carbocycles. The largest absolute Gasteiger partial charge is 0.481 e. The summed E-state index contributed by atoms with van der Waals surface area (Å²) >= 11 is 0. The van der Waals surface area contributed by atoms with Gasteiger partial charge in [0.05, 0.1) is 17.4 Å². The Morgan fingerprint density at radius 2 is 1.82 bits per heavy atom. The number of carboxylic acids is 1. The van der Waals surface area contributed by atoms with Gasteiger partial charge in [0.2, 0.25) is 10.0 Å². The lowest BCUT2D eigenvalue weighted by Crippen LogP contribution is -2.30. The highest BCUT2D eigenvalue weighted by Crippen LogP contribution is 2.22. The quantitative estimate of drug-likeness (QED) is 0.703. The monoisotopic (exact) mass is 320 g/mol. The van der Waals surface area contributed by atoms with E-state index < -0.39 is 22.0 Å². The van der Waals surface area contributed by atoms with E-state index in [0.717, 1.165) is 0 Å². The SMILES string of the molecule is Nc1cccc(C(CC(=O)O)NS(=O)(=O)c2ccccc2)c1. The van der Waals surface area contributed by atoms with Gasteiger partial charge >= 0.3 is 5.97 Å². The summed E-state index contributed by atoms with van der Waals surface area (Å²) in [6, 6.07) is 13.4. The molecule has 1 atom stereocenters. The molecule has 7 heteroatoms.